The van der Waals surface area contributed by atoms with Crippen LogP contribution in [0.3, 0.4) is 0 Å². The number of hydrogen-bond acceptors (Lipinski definition) is 4. The van der Waals surface area contributed by atoms with Crippen LogP contribution in [0, 0.1) is 5.92 Å². The molecule has 2 aromatic carbocycles. The minimum absolute atomic E-state index is 0.0243. The van der Waals surface area contributed by atoms with Gasteiger partial charge in [-0.15, -0.1) is 0 Å². The van der Waals surface area contributed by atoms with Gasteiger partial charge < -0.3 is 9.47 Å². The number of halogens is 3. The fourth-order valence-electron chi connectivity index (χ4n) is 3.69. The standard InChI is InChI=1S/C24H26F3NO4/c25-24(26,27)20(12-7-13-31-16-19-10-5-2-6-11-19)15-22(29)28-21(17-32-23(28)30)14-18-8-3-1-4-9-18/h1-6,8-11,20-21H,7,12-17H2/t20?,21-/m0/s1. The second-order valence-electron chi connectivity index (χ2n) is 7.81. The van der Waals surface area contributed by atoms with E-state index in [1.807, 2.05) is 60.7 Å². The van der Waals surface area contributed by atoms with Gasteiger partial charge in [-0.05, 0) is 30.4 Å². The minimum Gasteiger partial charge on any atom is -0.447 e. The van der Waals surface area contributed by atoms with Crippen LogP contribution in [0.1, 0.15) is 30.4 Å². The molecule has 3 rings (SSSR count). The molecule has 8 heteroatoms. The van der Waals surface area contributed by atoms with Gasteiger partial charge in [-0.25, -0.2) is 9.69 Å². The lowest BCUT2D eigenvalue weighted by Crippen LogP contribution is -2.42. The molecule has 1 saturated heterocycles. The van der Waals surface area contributed by atoms with E-state index in [1.165, 1.54) is 0 Å². The zero-order valence-electron chi connectivity index (χ0n) is 17.6. The third kappa shape index (κ3) is 6.82. The van der Waals surface area contributed by atoms with Gasteiger partial charge in [0.1, 0.15) is 6.61 Å². The first kappa shape index (κ1) is 23.8. The van der Waals surface area contributed by atoms with Crippen molar-refractivity contribution in [2.45, 2.75) is 44.5 Å². The first-order valence-corrected chi connectivity index (χ1v) is 10.6. The largest absolute Gasteiger partial charge is 0.447 e. The Hall–Kier alpha value is -2.87. The van der Waals surface area contributed by atoms with Crippen molar-refractivity contribution in [3.05, 3.63) is 71.8 Å². The van der Waals surface area contributed by atoms with Crippen LogP contribution < -0.4 is 0 Å². The predicted octanol–water partition coefficient (Wildman–Crippen LogP) is 5.14. The van der Waals surface area contributed by atoms with Gasteiger partial charge in [0, 0.05) is 13.0 Å². The first-order valence-electron chi connectivity index (χ1n) is 10.6. The Kier molecular flexibility index (Phi) is 8.27. The third-order valence-electron chi connectivity index (χ3n) is 5.38. The number of imide groups is 1. The molecule has 0 aliphatic carbocycles. The Morgan fingerprint density at radius 2 is 1.69 bits per heavy atom. The molecule has 0 bridgehead atoms. The summed E-state index contributed by atoms with van der Waals surface area (Å²) in [5, 5.41) is 0. The average Bonchev–Trinajstić information content (AvgIpc) is 3.13. The summed E-state index contributed by atoms with van der Waals surface area (Å²) in [5.41, 5.74) is 1.81. The average molecular weight is 449 g/mol. The number of ether oxygens (including phenoxy) is 2. The van der Waals surface area contributed by atoms with Crippen molar-refractivity contribution in [1.82, 2.24) is 4.90 Å². The van der Waals surface area contributed by atoms with Crippen LogP contribution in [0.4, 0.5) is 18.0 Å². The van der Waals surface area contributed by atoms with Gasteiger partial charge in [-0.1, -0.05) is 60.7 Å². The Morgan fingerprint density at radius 1 is 1.06 bits per heavy atom. The molecular weight excluding hydrogens is 423 g/mol. The quantitative estimate of drug-likeness (QED) is 0.471. The lowest BCUT2D eigenvalue weighted by atomic mass is 9.97. The summed E-state index contributed by atoms with van der Waals surface area (Å²) in [4.78, 5) is 25.6. The van der Waals surface area contributed by atoms with Crippen molar-refractivity contribution in [3.63, 3.8) is 0 Å². The van der Waals surface area contributed by atoms with Gasteiger partial charge in [-0.2, -0.15) is 13.2 Å². The van der Waals surface area contributed by atoms with Crippen molar-refractivity contribution in [3.8, 4) is 0 Å². The number of cyclic esters (lactones) is 1. The van der Waals surface area contributed by atoms with E-state index in [9.17, 15) is 22.8 Å². The van der Waals surface area contributed by atoms with E-state index in [0.717, 1.165) is 16.0 Å². The molecule has 0 saturated carbocycles. The Labute approximate surface area is 185 Å². The molecular formula is C24H26F3NO4. The lowest BCUT2D eigenvalue weighted by Gasteiger charge is -2.24. The zero-order valence-corrected chi connectivity index (χ0v) is 17.6. The highest BCUT2D eigenvalue weighted by molar-refractivity contribution is 5.93. The molecule has 1 fully saturated rings. The first-order chi connectivity index (χ1) is 15.3. The van der Waals surface area contributed by atoms with E-state index in [1.54, 1.807) is 0 Å². The predicted molar refractivity (Wildman–Crippen MR) is 112 cm³/mol. The van der Waals surface area contributed by atoms with E-state index in [0.29, 0.717) is 13.0 Å². The van der Waals surface area contributed by atoms with Crippen molar-refractivity contribution in [2.75, 3.05) is 13.2 Å². The summed E-state index contributed by atoms with van der Waals surface area (Å²) in [6.45, 7) is 0.443. The third-order valence-corrected chi connectivity index (χ3v) is 5.38. The highest BCUT2D eigenvalue weighted by atomic mass is 19.4. The van der Waals surface area contributed by atoms with Gasteiger partial charge in [-0.3, -0.25) is 4.79 Å². The van der Waals surface area contributed by atoms with E-state index < -0.39 is 36.6 Å². The normalized spacial score (nSPS) is 17.3. The number of hydrogen-bond donors (Lipinski definition) is 0. The van der Waals surface area contributed by atoms with Gasteiger partial charge >= 0.3 is 12.3 Å². The Bertz CT molecular complexity index is 874. The molecule has 1 heterocycles. The molecule has 0 radical (unpaired) electrons. The summed E-state index contributed by atoms with van der Waals surface area (Å²) < 4.78 is 51.1. The number of amides is 2. The van der Waals surface area contributed by atoms with Crippen molar-refractivity contribution in [2.24, 2.45) is 5.92 Å². The number of alkyl halides is 3. The second kappa shape index (κ2) is 11.1. The number of nitrogens with zero attached hydrogens (tertiary/aromatic N) is 1. The molecule has 1 aliphatic heterocycles. The lowest BCUT2D eigenvalue weighted by molar-refractivity contribution is -0.183. The summed E-state index contributed by atoms with van der Waals surface area (Å²) in [6, 6.07) is 17.9. The maximum absolute atomic E-state index is 13.6. The van der Waals surface area contributed by atoms with Gasteiger partial charge in [0.25, 0.3) is 0 Å². The summed E-state index contributed by atoms with van der Waals surface area (Å²) in [5.74, 6) is -2.71. The number of benzene rings is 2. The van der Waals surface area contributed by atoms with E-state index >= 15 is 0 Å². The zero-order chi connectivity index (χ0) is 23.0. The SMILES string of the molecule is O=C(CC(CCCOCc1ccccc1)C(F)(F)F)N1C(=O)OC[C@@H]1Cc1ccccc1. The highest BCUT2D eigenvalue weighted by Gasteiger charge is 2.44. The molecule has 0 spiro atoms. The Morgan fingerprint density at radius 3 is 2.31 bits per heavy atom. The van der Waals surface area contributed by atoms with Crippen LogP contribution in [0.5, 0.6) is 0 Å². The van der Waals surface area contributed by atoms with Gasteiger partial charge in [0.15, 0.2) is 0 Å². The maximum Gasteiger partial charge on any atom is 0.416 e. The molecule has 2 aromatic rings. The summed E-state index contributed by atoms with van der Waals surface area (Å²) in [6.07, 6.45) is -5.99. The van der Waals surface area contributed by atoms with Crippen LogP contribution in [0.15, 0.2) is 60.7 Å². The maximum atomic E-state index is 13.6. The fraction of sp³-hybridized carbons (Fsp3) is 0.417. The van der Waals surface area contributed by atoms with E-state index in [2.05, 4.69) is 0 Å². The second-order valence-corrected chi connectivity index (χ2v) is 7.81. The minimum atomic E-state index is -4.55. The van der Waals surface area contributed by atoms with Gasteiger partial charge in [0.05, 0.1) is 18.6 Å². The van der Waals surface area contributed by atoms with Gasteiger partial charge in [0.2, 0.25) is 5.91 Å². The monoisotopic (exact) mass is 449 g/mol. The molecule has 2 atom stereocenters. The molecule has 1 unspecified atom stereocenters. The molecule has 32 heavy (non-hydrogen) atoms. The number of rotatable bonds is 10. The fourth-order valence-corrected chi connectivity index (χ4v) is 3.69. The smallest absolute Gasteiger partial charge is 0.416 e. The highest BCUT2D eigenvalue weighted by Crippen LogP contribution is 2.34. The number of carbonyl (C=O) groups excluding carboxylic acids is 2. The topological polar surface area (TPSA) is 55.8 Å². The summed E-state index contributed by atoms with van der Waals surface area (Å²) in [7, 11) is 0. The van der Waals surface area contributed by atoms with E-state index in [4.69, 9.17) is 9.47 Å². The molecule has 0 aromatic heterocycles. The molecule has 0 N–H and O–H groups in total. The molecule has 2 amide bonds. The van der Waals surface area contributed by atoms with E-state index in [-0.39, 0.29) is 26.1 Å². The van der Waals surface area contributed by atoms with Crippen LogP contribution in [-0.2, 0) is 27.3 Å². The van der Waals surface area contributed by atoms with Crippen LogP contribution in [0.2, 0.25) is 0 Å². The van der Waals surface area contributed by atoms with Crippen LogP contribution in [0.25, 0.3) is 0 Å². The Balaban J connectivity index is 1.53. The van der Waals surface area contributed by atoms with Crippen LogP contribution >= 0.6 is 0 Å². The molecule has 1 aliphatic rings. The van der Waals surface area contributed by atoms with Crippen molar-refractivity contribution >= 4 is 12.0 Å². The summed E-state index contributed by atoms with van der Waals surface area (Å²) >= 11 is 0. The van der Waals surface area contributed by atoms with Crippen LogP contribution in [-0.4, -0.2) is 42.3 Å². The molecule has 172 valence electrons. The number of carbonyl (C=O) groups is 2. The van der Waals surface area contributed by atoms with Crippen molar-refractivity contribution in [1.29, 1.82) is 0 Å². The van der Waals surface area contributed by atoms with Crippen molar-refractivity contribution < 1.29 is 32.2 Å². The molecule has 5 nitrogen and oxygen atoms in total.